The first kappa shape index (κ1) is 16.8. The fraction of sp³-hybridized carbons (Fsp3) is 0.556. The third kappa shape index (κ3) is 5.70. The van der Waals surface area contributed by atoms with Gasteiger partial charge in [-0.15, -0.1) is 0 Å². The molecule has 0 saturated carbocycles. The largest absolute Gasteiger partial charge is 0.486 e. The number of fused-ring (bicyclic) bond motifs is 1. The Bertz CT molecular complexity index is 482. The lowest BCUT2D eigenvalue weighted by atomic mass is 10.2. The molecule has 0 fully saturated rings. The van der Waals surface area contributed by atoms with Crippen LogP contribution in [0.1, 0.15) is 27.2 Å². The summed E-state index contributed by atoms with van der Waals surface area (Å²) in [5.41, 5.74) is 1.28. The van der Waals surface area contributed by atoms with Crippen LogP contribution in [0.15, 0.2) is 35.9 Å². The van der Waals surface area contributed by atoms with Crippen LogP contribution in [0.2, 0.25) is 0 Å². The maximum absolute atomic E-state index is 5.84. The number of hydrogen-bond donors (Lipinski definition) is 0. The van der Waals surface area contributed by atoms with Gasteiger partial charge in [0.05, 0.1) is 25.9 Å². The molecule has 2 rings (SSSR count). The van der Waals surface area contributed by atoms with Crippen LogP contribution in [0, 0.1) is 0 Å². The van der Waals surface area contributed by atoms with Gasteiger partial charge in [0.2, 0.25) is 0 Å². The molecule has 0 amide bonds. The van der Waals surface area contributed by atoms with E-state index in [9.17, 15) is 0 Å². The van der Waals surface area contributed by atoms with E-state index in [0.717, 1.165) is 24.5 Å². The van der Waals surface area contributed by atoms with Crippen molar-refractivity contribution in [3.63, 3.8) is 0 Å². The molecule has 4 heteroatoms. The molecule has 0 spiro atoms. The van der Waals surface area contributed by atoms with Crippen molar-refractivity contribution in [3.8, 4) is 11.5 Å². The molecule has 0 aromatic heterocycles. The maximum atomic E-state index is 5.84. The van der Waals surface area contributed by atoms with Gasteiger partial charge in [-0.25, -0.2) is 0 Å². The van der Waals surface area contributed by atoms with Crippen LogP contribution < -0.4 is 9.47 Å². The van der Waals surface area contributed by atoms with Gasteiger partial charge in [0, 0.05) is 0 Å². The minimum Gasteiger partial charge on any atom is -0.486 e. The summed E-state index contributed by atoms with van der Waals surface area (Å²) in [7, 11) is 0. The number of benzene rings is 1. The SMILES string of the molecule is CC(=CCOCC1COc2ccccc2O1)CCOC(C)C. The Labute approximate surface area is 133 Å². The van der Waals surface area contributed by atoms with E-state index in [-0.39, 0.29) is 12.2 Å². The Morgan fingerprint density at radius 3 is 2.86 bits per heavy atom. The van der Waals surface area contributed by atoms with Gasteiger partial charge in [-0.3, -0.25) is 0 Å². The van der Waals surface area contributed by atoms with E-state index in [1.54, 1.807) is 0 Å². The molecule has 1 aromatic rings. The van der Waals surface area contributed by atoms with Gasteiger partial charge < -0.3 is 18.9 Å². The summed E-state index contributed by atoms with van der Waals surface area (Å²) >= 11 is 0. The predicted octanol–water partition coefficient (Wildman–Crippen LogP) is 3.60. The molecule has 0 N–H and O–H groups in total. The first-order valence-corrected chi connectivity index (χ1v) is 7.88. The van der Waals surface area contributed by atoms with Crippen LogP contribution in [-0.4, -0.2) is 38.6 Å². The second-order valence-electron chi connectivity index (χ2n) is 5.76. The van der Waals surface area contributed by atoms with Crippen molar-refractivity contribution in [2.75, 3.05) is 26.4 Å². The number of hydrogen-bond acceptors (Lipinski definition) is 4. The summed E-state index contributed by atoms with van der Waals surface area (Å²) in [6.07, 6.45) is 3.28. The fourth-order valence-corrected chi connectivity index (χ4v) is 2.10. The molecule has 0 aliphatic carbocycles. The average molecular weight is 306 g/mol. The van der Waals surface area contributed by atoms with E-state index < -0.39 is 0 Å². The second kappa shape index (κ2) is 8.81. The van der Waals surface area contributed by atoms with E-state index in [0.29, 0.717) is 19.8 Å². The van der Waals surface area contributed by atoms with E-state index in [2.05, 4.69) is 13.0 Å². The van der Waals surface area contributed by atoms with Crippen LogP contribution in [0.5, 0.6) is 11.5 Å². The quantitative estimate of drug-likeness (QED) is 0.543. The van der Waals surface area contributed by atoms with Gasteiger partial charge in [0.25, 0.3) is 0 Å². The van der Waals surface area contributed by atoms with Crippen molar-refractivity contribution in [3.05, 3.63) is 35.9 Å². The Hall–Kier alpha value is -1.52. The molecular weight excluding hydrogens is 280 g/mol. The average Bonchev–Trinajstić information content (AvgIpc) is 2.51. The molecule has 0 bridgehead atoms. The van der Waals surface area contributed by atoms with Crippen molar-refractivity contribution in [2.45, 2.75) is 39.4 Å². The van der Waals surface area contributed by atoms with Gasteiger partial charge in [-0.2, -0.15) is 0 Å². The molecule has 1 heterocycles. The summed E-state index contributed by atoms with van der Waals surface area (Å²) in [6.45, 7) is 8.61. The van der Waals surface area contributed by atoms with Gasteiger partial charge in [0.15, 0.2) is 17.6 Å². The molecule has 4 nitrogen and oxygen atoms in total. The zero-order valence-electron chi connectivity index (χ0n) is 13.7. The Kier molecular flexibility index (Phi) is 6.74. The van der Waals surface area contributed by atoms with E-state index in [1.165, 1.54) is 5.57 Å². The van der Waals surface area contributed by atoms with Crippen LogP contribution in [0.3, 0.4) is 0 Å². The monoisotopic (exact) mass is 306 g/mol. The molecule has 1 aliphatic heterocycles. The van der Waals surface area contributed by atoms with Crippen molar-refractivity contribution in [2.24, 2.45) is 0 Å². The zero-order chi connectivity index (χ0) is 15.8. The first-order valence-electron chi connectivity index (χ1n) is 7.88. The highest BCUT2D eigenvalue weighted by atomic mass is 16.6. The maximum Gasteiger partial charge on any atom is 0.161 e. The predicted molar refractivity (Wildman–Crippen MR) is 86.6 cm³/mol. The lowest BCUT2D eigenvalue weighted by Gasteiger charge is -2.26. The Balaban J connectivity index is 1.63. The first-order chi connectivity index (χ1) is 10.6. The van der Waals surface area contributed by atoms with Gasteiger partial charge >= 0.3 is 0 Å². The Morgan fingerprint density at radius 1 is 1.32 bits per heavy atom. The van der Waals surface area contributed by atoms with Crippen molar-refractivity contribution in [1.82, 2.24) is 0 Å². The Morgan fingerprint density at radius 2 is 2.09 bits per heavy atom. The van der Waals surface area contributed by atoms with Crippen molar-refractivity contribution < 1.29 is 18.9 Å². The highest BCUT2D eigenvalue weighted by molar-refractivity contribution is 5.40. The van der Waals surface area contributed by atoms with E-state index in [4.69, 9.17) is 18.9 Å². The third-order valence-electron chi connectivity index (χ3n) is 3.37. The number of ether oxygens (including phenoxy) is 4. The molecule has 1 unspecified atom stereocenters. The summed E-state index contributed by atoms with van der Waals surface area (Å²) in [5.74, 6) is 1.60. The molecule has 22 heavy (non-hydrogen) atoms. The minimum atomic E-state index is -0.0483. The standard InChI is InChI=1S/C18H26O4/c1-14(2)20-11-9-15(3)8-10-19-12-16-13-21-17-6-4-5-7-18(17)22-16/h4-8,14,16H,9-13H2,1-3H3. The lowest BCUT2D eigenvalue weighted by Crippen LogP contribution is -2.33. The molecule has 1 atom stereocenters. The molecular formula is C18H26O4. The van der Waals surface area contributed by atoms with Crippen LogP contribution in [0.25, 0.3) is 0 Å². The number of rotatable bonds is 8. The summed E-state index contributed by atoms with van der Waals surface area (Å²) in [4.78, 5) is 0. The van der Waals surface area contributed by atoms with Crippen LogP contribution in [0.4, 0.5) is 0 Å². The van der Waals surface area contributed by atoms with Gasteiger partial charge in [-0.1, -0.05) is 23.8 Å². The van der Waals surface area contributed by atoms with Gasteiger partial charge in [0.1, 0.15) is 6.61 Å². The highest BCUT2D eigenvalue weighted by Crippen LogP contribution is 2.30. The topological polar surface area (TPSA) is 36.9 Å². The van der Waals surface area contributed by atoms with Crippen molar-refractivity contribution >= 4 is 0 Å². The normalized spacial score (nSPS) is 17.8. The van der Waals surface area contributed by atoms with E-state index >= 15 is 0 Å². The van der Waals surface area contributed by atoms with Crippen LogP contribution in [-0.2, 0) is 9.47 Å². The summed E-state index contributed by atoms with van der Waals surface area (Å²) in [6, 6.07) is 7.71. The van der Waals surface area contributed by atoms with E-state index in [1.807, 2.05) is 38.1 Å². The molecule has 0 radical (unpaired) electrons. The number of para-hydroxylation sites is 2. The molecule has 1 aromatic carbocycles. The smallest absolute Gasteiger partial charge is 0.161 e. The lowest BCUT2D eigenvalue weighted by molar-refractivity contribution is 0.0170. The van der Waals surface area contributed by atoms with Crippen molar-refractivity contribution in [1.29, 1.82) is 0 Å². The molecule has 0 saturated heterocycles. The third-order valence-corrected chi connectivity index (χ3v) is 3.37. The highest BCUT2D eigenvalue weighted by Gasteiger charge is 2.20. The summed E-state index contributed by atoms with van der Waals surface area (Å²) < 4.78 is 22.7. The molecule has 122 valence electrons. The minimum absolute atomic E-state index is 0.0483. The van der Waals surface area contributed by atoms with Gasteiger partial charge in [-0.05, 0) is 39.3 Å². The van der Waals surface area contributed by atoms with Crippen LogP contribution >= 0.6 is 0 Å². The second-order valence-corrected chi connectivity index (χ2v) is 5.76. The zero-order valence-corrected chi connectivity index (χ0v) is 13.7. The summed E-state index contributed by atoms with van der Waals surface area (Å²) in [5, 5.41) is 0. The fourth-order valence-electron chi connectivity index (χ4n) is 2.10. The molecule has 1 aliphatic rings.